The van der Waals surface area contributed by atoms with E-state index in [0.29, 0.717) is 23.2 Å². The van der Waals surface area contributed by atoms with Gasteiger partial charge in [-0.2, -0.15) is 4.98 Å². The molecule has 0 spiro atoms. The van der Waals surface area contributed by atoms with Gasteiger partial charge in [-0.1, -0.05) is 30.3 Å². The number of carbonyl (C=O) groups is 1. The number of amides is 1. The summed E-state index contributed by atoms with van der Waals surface area (Å²) in [5.74, 6) is 2.54. The third-order valence-electron chi connectivity index (χ3n) is 3.95. The average Bonchev–Trinajstić information content (AvgIpc) is 3.17. The van der Waals surface area contributed by atoms with Gasteiger partial charge in [0.05, 0.1) is 18.6 Å². The number of thioether (sulfide) groups is 1. The Hall–Kier alpha value is -2.80. The van der Waals surface area contributed by atoms with Crippen molar-refractivity contribution in [3.05, 3.63) is 60.0 Å². The molecular formula is C20H21N3O3S. The van der Waals surface area contributed by atoms with Crippen molar-refractivity contribution >= 4 is 23.4 Å². The predicted molar refractivity (Wildman–Crippen MR) is 107 cm³/mol. The van der Waals surface area contributed by atoms with Crippen LogP contribution in [0.3, 0.4) is 0 Å². The van der Waals surface area contributed by atoms with Gasteiger partial charge in [-0.25, -0.2) is 0 Å². The third-order valence-corrected chi connectivity index (χ3v) is 4.86. The zero-order valence-electron chi connectivity index (χ0n) is 15.3. The summed E-state index contributed by atoms with van der Waals surface area (Å²) in [5.41, 5.74) is 2.84. The number of aromatic nitrogens is 2. The van der Waals surface area contributed by atoms with Gasteiger partial charge in [0, 0.05) is 11.3 Å². The molecule has 0 radical (unpaired) electrons. The lowest BCUT2D eigenvalue weighted by atomic mass is 10.1. The van der Waals surface area contributed by atoms with Crippen LogP contribution in [0.2, 0.25) is 0 Å². The summed E-state index contributed by atoms with van der Waals surface area (Å²) in [5, 5.41) is 6.94. The van der Waals surface area contributed by atoms with Crippen LogP contribution in [-0.4, -0.2) is 28.9 Å². The Balaban J connectivity index is 1.50. The van der Waals surface area contributed by atoms with Crippen LogP contribution in [0.1, 0.15) is 18.4 Å². The lowest BCUT2D eigenvalue weighted by Gasteiger charge is -2.09. The van der Waals surface area contributed by atoms with E-state index in [0.717, 1.165) is 29.0 Å². The SMILES string of the molecule is CCc1ccccc1NC(=O)CSCc1nc(-c2ccc(OC)cc2)no1. The van der Waals surface area contributed by atoms with Gasteiger partial charge < -0.3 is 14.6 Å². The Morgan fingerprint density at radius 3 is 2.70 bits per heavy atom. The molecule has 0 unspecified atom stereocenters. The maximum absolute atomic E-state index is 12.1. The number of carbonyl (C=O) groups excluding carboxylic acids is 1. The standard InChI is InChI=1S/C20H21N3O3S/c1-3-14-6-4-5-7-17(14)21-18(24)12-27-13-19-22-20(23-26-19)15-8-10-16(25-2)11-9-15/h4-11H,3,12-13H2,1-2H3,(H,21,24). The molecule has 3 aromatic rings. The fourth-order valence-corrected chi connectivity index (χ4v) is 3.19. The Kier molecular flexibility index (Phi) is 6.49. The molecule has 0 fully saturated rings. The Bertz CT molecular complexity index is 893. The van der Waals surface area contributed by atoms with E-state index in [-0.39, 0.29) is 5.91 Å². The van der Waals surface area contributed by atoms with Crippen molar-refractivity contribution in [3.63, 3.8) is 0 Å². The predicted octanol–water partition coefficient (Wildman–Crippen LogP) is 4.18. The van der Waals surface area contributed by atoms with E-state index in [2.05, 4.69) is 22.4 Å². The number of anilines is 1. The van der Waals surface area contributed by atoms with E-state index < -0.39 is 0 Å². The van der Waals surface area contributed by atoms with Gasteiger partial charge >= 0.3 is 0 Å². The first-order valence-corrected chi connectivity index (χ1v) is 9.77. The van der Waals surface area contributed by atoms with Crippen molar-refractivity contribution in [2.75, 3.05) is 18.2 Å². The van der Waals surface area contributed by atoms with Gasteiger partial charge in [-0.15, -0.1) is 11.8 Å². The van der Waals surface area contributed by atoms with Crippen LogP contribution < -0.4 is 10.1 Å². The van der Waals surface area contributed by atoms with E-state index in [4.69, 9.17) is 9.26 Å². The molecule has 0 saturated carbocycles. The number of aryl methyl sites for hydroxylation is 1. The largest absolute Gasteiger partial charge is 0.497 e. The molecule has 1 N–H and O–H groups in total. The van der Waals surface area contributed by atoms with E-state index in [1.54, 1.807) is 7.11 Å². The minimum Gasteiger partial charge on any atom is -0.497 e. The smallest absolute Gasteiger partial charge is 0.236 e. The molecule has 7 heteroatoms. The minimum absolute atomic E-state index is 0.0456. The van der Waals surface area contributed by atoms with E-state index >= 15 is 0 Å². The summed E-state index contributed by atoms with van der Waals surface area (Å²) in [4.78, 5) is 16.5. The summed E-state index contributed by atoms with van der Waals surface area (Å²) >= 11 is 1.43. The number of hydrogen-bond acceptors (Lipinski definition) is 6. The first kappa shape index (κ1) is 19.0. The number of methoxy groups -OCH3 is 1. The van der Waals surface area contributed by atoms with Gasteiger partial charge in [0.25, 0.3) is 0 Å². The van der Waals surface area contributed by atoms with Gasteiger partial charge in [0.2, 0.25) is 17.6 Å². The average molecular weight is 383 g/mol. The zero-order chi connectivity index (χ0) is 19.1. The number of benzene rings is 2. The number of para-hydroxylation sites is 1. The molecule has 1 amide bonds. The van der Waals surface area contributed by atoms with Crippen molar-refractivity contribution in [2.45, 2.75) is 19.1 Å². The summed E-state index contributed by atoms with van der Waals surface area (Å²) in [6.07, 6.45) is 0.875. The lowest BCUT2D eigenvalue weighted by molar-refractivity contribution is -0.113. The molecule has 0 saturated heterocycles. The Morgan fingerprint density at radius 1 is 1.19 bits per heavy atom. The van der Waals surface area contributed by atoms with Gasteiger partial charge in [-0.3, -0.25) is 4.79 Å². The van der Waals surface area contributed by atoms with Crippen LogP contribution >= 0.6 is 11.8 Å². The quantitative estimate of drug-likeness (QED) is 0.629. The molecule has 0 aliphatic heterocycles. The van der Waals surface area contributed by atoms with Crippen LogP contribution in [0, 0.1) is 0 Å². The molecule has 0 aliphatic rings. The molecular weight excluding hydrogens is 362 g/mol. The van der Waals surface area contributed by atoms with Crippen molar-refractivity contribution < 1.29 is 14.1 Å². The van der Waals surface area contributed by atoms with Crippen molar-refractivity contribution in [3.8, 4) is 17.1 Å². The third kappa shape index (κ3) is 5.10. The summed E-state index contributed by atoms with van der Waals surface area (Å²) < 4.78 is 10.4. The maximum Gasteiger partial charge on any atom is 0.236 e. The second-order valence-electron chi connectivity index (χ2n) is 5.79. The number of ether oxygens (including phenoxy) is 1. The highest BCUT2D eigenvalue weighted by Crippen LogP contribution is 2.21. The van der Waals surface area contributed by atoms with E-state index in [1.807, 2.05) is 48.5 Å². The molecule has 1 heterocycles. The summed E-state index contributed by atoms with van der Waals surface area (Å²) in [6, 6.07) is 15.3. The molecule has 0 bridgehead atoms. The highest BCUT2D eigenvalue weighted by atomic mass is 32.2. The van der Waals surface area contributed by atoms with E-state index in [9.17, 15) is 4.79 Å². The first-order valence-electron chi connectivity index (χ1n) is 8.62. The second-order valence-corrected chi connectivity index (χ2v) is 6.78. The van der Waals surface area contributed by atoms with Crippen LogP contribution in [-0.2, 0) is 17.0 Å². The summed E-state index contributed by atoms with van der Waals surface area (Å²) in [7, 11) is 1.62. The van der Waals surface area contributed by atoms with Crippen LogP contribution in [0.15, 0.2) is 53.1 Å². The van der Waals surface area contributed by atoms with Gasteiger partial charge in [0.1, 0.15) is 5.75 Å². The molecule has 1 aromatic heterocycles. The van der Waals surface area contributed by atoms with Crippen molar-refractivity contribution in [1.29, 1.82) is 0 Å². The Morgan fingerprint density at radius 2 is 1.96 bits per heavy atom. The van der Waals surface area contributed by atoms with Gasteiger partial charge in [0.15, 0.2) is 0 Å². The minimum atomic E-state index is -0.0456. The van der Waals surface area contributed by atoms with Crippen LogP contribution in [0.4, 0.5) is 5.69 Å². The highest BCUT2D eigenvalue weighted by molar-refractivity contribution is 7.99. The van der Waals surface area contributed by atoms with Crippen molar-refractivity contribution in [1.82, 2.24) is 10.1 Å². The number of hydrogen-bond donors (Lipinski definition) is 1. The monoisotopic (exact) mass is 383 g/mol. The molecule has 6 nitrogen and oxygen atoms in total. The molecule has 0 aliphatic carbocycles. The highest BCUT2D eigenvalue weighted by Gasteiger charge is 2.11. The van der Waals surface area contributed by atoms with Crippen LogP contribution in [0.25, 0.3) is 11.4 Å². The van der Waals surface area contributed by atoms with Crippen LogP contribution in [0.5, 0.6) is 5.75 Å². The Labute approximate surface area is 162 Å². The first-order chi connectivity index (χ1) is 13.2. The molecule has 140 valence electrons. The lowest BCUT2D eigenvalue weighted by Crippen LogP contribution is -2.15. The van der Waals surface area contributed by atoms with Gasteiger partial charge in [-0.05, 0) is 42.3 Å². The fourth-order valence-electron chi connectivity index (χ4n) is 2.54. The summed E-state index contributed by atoms with van der Waals surface area (Å²) in [6.45, 7) is 2.07. The second kappa shape index (κ2) is 9.23. The van der Waals surface area contributed by atoms with Crippen molar-refractivity contribution in [2.24, 2.45) is 0 Å². The molecule has 0 atom stereocenters. The number of rotatable bonds is 8. The molecule has 27 heavy (non-hydrogen) atoms. The number of nitrogens with zero attached hydrogens (tertiary/aromatic N) is 2. The normalized spacial score (nSPS) is 10.6. The van der Waals surface area contributed by atoms with E-state index in [1.165, 1.54) is 11.8 Å². The molecule has 3 rings (SSSR count). The topological polar surface area (TPSA) is 77.2 Å². The zero-order valence-corrected chi connectivity index (χ0v) is 16.1. The number of nitrogens with one attached hydrogen (secondary N) is 1. The fraction of sp³-hybridized carbons (Fsp3) is 0.250. The molecule has 2 aromatic carbocycles. The maximum atomic E-state index is 12.1.